The van der Waals surface area contributed by atoms with Crippen molar-refractivity contribution < 1.29 is 14.6 Å². The molecule has 0 atom stereocenters. The van der Waals surface area contributed by atoms with E-state index >= 15 is 0 Å². The number of rotatable bonds is 4. The summed E-state index contributed by atoms with van der Waals surface area (Å²) in [5, 5.41) is 12.5. The molecule has 1 aliphatic rings. The van der Waals surface area contributed by atoms with Crippen LogP contribution in [0.4, 0.5) is 5.69 Å². The highest BCUT2D eigenvalue weighted by atomic mass is 16.5. The SMILES string of the molecule is COC1CCC(Nc2cc(C(=O)O)ccc2C)CC1. The van der Waals surface area contributed by atoms with Crippen molar-refractivity contribution in [2.45, 2.75) is 44.8 Å². The summed E-state index contributed by atoms with van der Waals surface area (Å²) in [6.07, 6.45) is 4.63. The Balaban J connectivity index is 2.03. The monoisotopic (exact) mass is 263 g/mol. The molecule has 2 N–H and O–H groups in total. The van der Waals surface area contributed by atoms with E-state index in [4.69, 9.17) is 9.84 Å². The number of ether oxygens (including phenoxy) is 1. The largest absolute Gasteiger partial charge is 0.478 e. The lowest BCUT2D eigenvalue weighted by molar-refractivity contribution is 0.0682. The van der Waals surface area contributed by atoms with Gasteiger partial charge in [-0.2, -0.15) is 0 Å². The minimum absolute atomic E-state index is 0.332. The Labute approximate surface area is 113 Å². The summed E-state index contributed by atoms with van der Waals surface area (Å²) in [6.45, 7) is 1.99. The number of hydrogen-bond donors (Lipinski definition) is 2. The van der Waals surface area contributed by atoms with Gasteiger partial charge >= 0.3 is 5.97 Å². The molecule has 1 fully saturated rings. The van der Waals surface area contributed by atoms with Gasteiger partial charge in [-0.3, -0.25) is 0 Å². The van der Waals surface area contributed by atoms with Gasteiger partial charge in [-0.15, -0.1) is 0 Å². The molecular formula is C15H21NO3. The maximum Gasteiger partial charge on any atom is 0.335 e. The number of anilines is 1. The Kier molecular flexibility index (Phi) is 4.43. The van der Waals surface area contributed by atoms with Gasteiger partial charge in [0.25, 0.3) is 0 Å². The molecule has 0 aliphatic heterocycles. The topological polar surface area (TPSA) is 58.6 Å². The molecule has 0 spiro atoms. The second kappa shape index (κ2) is 6.06. The van der Waals surface area contributed by atoms with Crippen LogP contribution in [0.3, 0.4) is 0 Å². The van der Waals surface area contributed by atoms with Crippen LogP contribution in [-0.2, 0) is 4.74 Å². The predicted octanol–water partition coefficient (Wildman–Crippen LogP) is 3.06. The molecule has 1 saturated carbocycles. The number of aryl methyl sites for hydroxylation is 1. The molecule has 1 aliphatic carbocycles. The van der Waals surface area contributed by atoms with Crippen LogP contribution in [0.1, 0.15) is 41.6 Å². The van der Waals surface area contributed by atoms with Gasteiger partial charge in [0, 0.05) is 18.8 Å². The fraction of sp³-hybridized carbons (Fsp3) is 0.533. The lowest BCUT2D eigenvalue weighted by atomic mass is 9.92. The van der Waals surface area contributed by atoms with Gasteiger partial charge in [0.05, 0.1) is 11.7 Å². The summed E-state index contributed by atoms with van der Waals surface area (Å²) >= 11 is 0. The molecule has 104 valence electrons. The predicted molar refractivity (Wildman–Crippen MR) is 74.8 cm³/mol. The minimum Gasteiger partial charge on any atom is -0.478 e. The standard InChI is InChI=1S/C15H21NO3/c1-10-3-4-11(15(17)18)9-14(10)16-12-5-7-13(19-2)8-6-12/h3-4,9,12-13,16H,5-8H2,1-2H3,(H,17,18). The molecule has 0 amide bonds. The Morgan fingerprint density at radius 2 is 2.00 bits per heavy atom. The van der Waals surface area contributed by atoms with Crippen molar-refractivity contribution in [3.63, 3.8) is 0 Å². The second-order valence-corrected chi connectivity index (χ2v) is 5.19. The summed E-state index contributed by atoms with van der Waals surface area (Å²) in [4.78, 5) is 11.0. The van der Waals surface area contributed by atoms with Crippen LogP contribution in [0.15, 0.2) is 18.2 Å². The Morgan fingerprint density at radius 1 is 1.32 bits per heavy atom. The van der Waals surface area contributed by atoms with Crippen LogP contribution in [0.25, 0.3) is 0 Å². The van der Waals surface area contributed by atoms with Crippen LogP contribution in [0.2, 0.25) is 0 Å². The highest BCUT2D eigenvalue weighted by molar-refractivity contribution is 5.89. The number of benzene rings is 1. The fourth-order valence-corrected chi connectivity index (χ4v) is 2.57. The molecule has 0 bridgehead atoms. The molecule has 0 radical (unpaired) electrons. The van der Waals surface area contributed by atoms with Gasteiger partial charge in [0.1, 0.15) is 0 Å². The van der Waals surface area contributed by atoms with Crippen LogP contribution < -0.4 is 5.32 Å². The van der Waals surface area contributed by atoms with E-state index in [1.807, 2.05) is 13.0 Å². The van der Waals surface area contributed by atoms with Crippen LogP contribution in [0, 0.1) is 6.92 Å². The van der Waals surface area contributed by atoms with Gasteiger partial charge < -0.3 is 15.2 Å². The smallest absolute Gasteiger partial charge is 0.335 e. The summed E-state index contributed by atoms with van der Waals surface area (Å²) in [6, 6.07) is 5.63. The molecular weight excluding hydrogens is 242 g/mol. The Morgan fingerprint density at radius 3 is 2.58 bits per heavy atom. The zero-order valence-electron chi connectivity index (χ0n) is 11.5. The summed E-state index contributed by atoms with van der Waals surface area (Å²) in [5.74, 6) is -0.883. The maximum atomic E-state index is 11.0. The lowest BCUT2D eigenvalue weighted by Crippen LogP contribution is -2.29. The Hall–Kier alpha value is -1.55. The first-order valence-corrected chi connectivity index (χ1v) is 6.73. The molecule has 4 heteroatoms. The maximum absolute atomic E-state index is 11.0. The van der Waals surface area contributed by atoms with E-state index < -0.39 is 5.97 Å². The van der Waals surface area contributed by atoms with Crippen molar-refractivity contribution >= 4 is 11.7 Å². The van der Waals surface area contributed by atoms with Crippen molar-refractivity contribution in [1.82, 2.24) is 0 Å². The van der Waals surface area contributed by atoms with E-state index in [1.54, 1.807) is 19.2 Å². The summed E-state index contributed by atoms with van der Waals surface area (Å²) in [5.41, 5.74) is 2.35. The first kappa shape index (κ1) is 13.9. The first-order chi connectivity index (χ1) is 9.10. The van der Waals surface area contributed by atoms with E-state index in [9.17, 15) is 4.79 Å². The molecule has 0 unspecified atom stereocenters. The first-order valence-electron chi connectivity index (χ1n) is 6.73. The van der Waals surface area contributed by atoms with Crippen molar-refractivity contribution in [2.24, 2.45) is 0 Å². The number of carboxylic acids is 1. The van der Waals surface area contributed by atoms with Crippen LogP contribution in [0.5, 0.6) is 0 Å². The van der Waals surface area contributed by atoms with E-state index in [2.05, 4.69) is 5.32 Å². The van der Waals surface area contributed by atoms with E-state index in [0.717, 1.165) is 36.9 Å². The van der Waals surface area contributed by atoms with Crippen LogP contribution in [-0.4, -0.2) is 30.3 Å². The van der Waals surface area contributed by atoms with Gasteiger partial charge in [-0.25, -0.2) is 4.79 Å². The number of carbonyl (C=O) groups is 1. The third-order valence-electron chi connectivity index (χ3n) is 3.85. The third kappa shape index (κ3) is 3.47. The number of carboxylic acid groups (broad SMARTS) is 1. The van der Waals surface area contributed by atoms with Crippen molar-refractivity contribution in [2.75, 3.05) is 12.4 Å². The second-order valence-electron chi connectivity index (χ2n) is 5.19. The molecule has 19 heavy (non-hydrogen) atoms. The number of aromatic carboxylic acids is 1. The average molecular weight is 263 g/mol. The molecule has 4 nitrogen and oxygen atoms in total. The molecule has 2 rings (SSSR count). The van der Waals surface area contributed by atoms with Gasteiger partial charge in [-0.1, -0.05) is 6.07 Å². The zero-order chi connectivity index (χ0) is 13.8. The Bertz CT molecular complexity index is 451. The summed E-state index contributed by atoms with van der Waals surface area (Å²) < 4.78 is 5.36. The van der Waals surface area contributed by atoms with E-state index in [-0.39, 0.29) is 0 Å². The highest BCUT2D eigenvalue weighted by Crippen LogP contribution is 2.25. The van der Waals surface area contributed by atoms with E-state index in [1.165, 1.54) is 0 Å². The molecule has 1 aromatic rings. The minimum atomic E-state index is -0.883. The third-order valence-corrected chi connectivity index (χ3v) is 3.85. The normalized spacial score (nSPS) is 23.1. The molecule has 1 aromatic carbocycles. The molecule has 0 heterocycles. The number of hydrogen-bond acceptors (Lipinski definition) is 3. The van der Waals surface area contributed by atoms with Crippen molar-refractivity contribution in [1.29, 1.82) is 0 Å². The number of methoxy groups -OCH3 is 1. The average Bonchev–Trinajstić information content (AvgIpc) is 2.42. The highest BCUT2D eigenvalue weighted by Gasteiger charge is 2.21. The van der Waals surface area contributed by atoms with Crippen LogP contribution >= 0.6 is 0 Å². The van der Waals surface area contributed by atoms with Crippen molar-refractivity contribution in [3.8, 4) is 0 Å². The van der Waals surface area contributed by atoms with Gasteiger partial charge in [-0.05, 0) is 50.3 Å². The fourth-order valence-electron chi connectivity index (χ4n) is 2.57. The summed E-state index contributed by atoms with van der Waals surface area (Å²) in [7, 11) is 1.76. The van der Waals surface area contributed by atoms with E-state index in [0.29, 0.717) is 17.7 Å². The number of nitrogens with one attached hydrogen (secondary N) is 1. The molecule has 0 saturated heterocycles. The van der Waals surface area contributed by atoms with Gasteiger partial charge in [0.2, 0.25) is 0 Å². The lowest BCUT2D eigenvalue weighted by Gasteiger charge is -2.29. The zero-order valence-corrected chi connectivity index (χ0v) is 11.5. The molecule has 0 aromatic heterocycles. The quantitative estimate of drug-likeness (QED) is 0.876. The van der Waals surface area contributed by atoms with Gasteiger partial charge in [0.15, 0.2) is 0 Å². The van der Waals surface area contributed by atoms with Crippen molar-refractivity contribution in [3.05, 3.63) is 29.3 Å².